The first-order valence-electron chi connectivity index (χ1n) is 7.60. The van der Waals surface area contributed by atoms with E-state index in [9.17, 15) is 20.1 Å². The molecule has 0 aromatic heterocycles. The number of aliphatic hydroxyl groups is 3. The number of rotatable bonds is 6. The molecule has 7 heteroatoms. The van der Waals surface area contributed by atoms with Crippen LogP contribution in [0.2, 0.25) is 0 Å². The highest BCUT2D eigenvalue weighted by Crippen LogP contribution is 2.23. The maximum Gasteiger partial charge on any atom is 0.338 e. The summed E-state index contributed by atoms with van der Waals surface area (Å²) in [7, 11) is 0. The lowest BCUT2D eigenvalue weighted by atomic mass is 9.99. The van der Waals surface area contributed by atoms with E-state index in [-0.39, 0.29) is 13.2 Å². The molecule has 1 aromatic carbocycles. The number of carbonyl (C=O) groups is 1. The largest absolute Gasteiger partial charge is 0.459 e. The van der Waals surface area contributed by atoms with Crippen LogP contribution < -0.4 is 0 Å². The Bertz CT molecular complexity index is 557. The van der Waals surface area contributed by atoms with E-state index >= 15 is 0 Å². The zero-order chi connectivity index (χ0) is 17.7. The summed E-state index contributed by atoms with van der Waals surface area (Å²) >= 11 is 0. The quantitative estimate of drug-likeness (QED) is 0.501. The van der Waals surface area contributed by atoms with E-state index in [2.05, 4.69) is 6.58 Å². The van der Waals surface area contributed by atoms with E-state index < -0.39 is 36.7 Å². The number of aliphatic hydroxyl groups excluding tert-OH is 3. The van der Waals surface area contributed by atoms with Gasteiger partial charge in [0.15, 0.2) is 6.29 Å². The molecule has 1 heterocycles. The van der Waals surface area contributed by atoms with Crippen molar-refractivity contribution in [1.82, 2.24) is 0 Å². The summed E-state index contributed by atoms with van der Waals surface area (Å²) in [6.45, 7) is 5.18. The predicted octanol–water partition coefficient (Wildman–Crippen LogP) is 0.162. The van der Waals surface area contributed by atoms with Crippen molar-refractivity contribution >= 4 is 5.97 Å². The Labute approximate surface area is 140 Å². The van der Waals surface area contributed by atoms with E-state index in [0.717, 1.165) is 5.56 Å². The zero-order valence-electron chi connectivity index (χ0n) is 13.4. The van der Waals surface area contributed by atoms with Crippen LogP contribution in [-0.2, 0) is 14.2 Å². The number of hydrogen-bond donors (Lipinski definition) is 3. The van der Waals surface area contributed by atoms with Crippen molar-refractivity contribution in [2.75, 3.05) is 13.2 Å². The third-order valence-electron chi connectivity index (χ3n) is 3.73. The number of carbonyl (C=O) groups excluding carboxylic acids is 1. The molecule has 0 unspecified atom stereocenters. The molecule has 5 atom stereocenters. The summed E-state index contributed by atoms with van der Waals surface area (Å²) in [6, 6.07) is 6.82. The lowest BCUT2D eigenvalue weighted by molar-refractivity contribution is -0.292. The van der Waals surface area contributed by atoms with Gasteiger partial charge in [0.1, 0.15) is 31.0 Å². The topological polar surface area (TPSA) is 105 Å². The van der Waals surface area contributed by atoms with Gasteiger partial charge in [0.2, 0.25) is 0 Å². The van der Waals surface area contributed by atoms with Crippen molar-refractivity contribution in [2.24, 2.45) is 0 Å². The van der Waals surface area contributed by atoms with Crippen molar-refractivity contribution in [2.45, 2.75) is 37.6 Å². The van der Waals surface area contributed by atoms with E-state index in [1.54, 1.807) is 24.3 Å². The maximum absolute atomic E-state index is 12.0. The lowest BCUT2D eigenvalue weighted by Gasteiger charge is -2.40. The second-order valence-electron chi connectivity index (χ2n) is 5.60. The van der Waals surface area contributed by atoms with Crippen LogP contribution in [0, 0.1) is 6.92 Å². The van der Waals surface area contributed by atoms with Crippen LogP contribution in [0.5, 0.6) is 0 Å². The number of esters is 1. The molecule has 24 heavy (non-hydrogen) atoms. The third kappa shape index (κ3) is 4.40. The van der Waals surface area contributed by atoms with Crippen LogP contribution in [0.15, 0.2) is 36.9 Å². The normalized spacial score (nSPS) is 29.9. The summed E-state index contributed by atoms with van der Waals surface area (Å²) in [5.41, 5.74) is 1.38. The Morgan fingerprint density at radius 3 is 2.54 bits per heavy atom. The summed E-state index contributed by atoms with van der Waals surface area (Å²) in [5.74, 6) is -0.574. The molecular formula is C17H22O7. The molecule has 3 N–H and O–H groups in total. The minimum absolute atomic E-state index is 0.0847. The Morgan fingerprint density at radius 2 is 1.92 bits per heavy atom. The first kappa shape index (κ1) is 18.6. The molecule has 0 aliphatic carbocycles. The summed E-state index contributed by atoms with van der Waals surface area (Å²) in [4.78, 5) is 12.0. The van der Waals surface area contributed by atoms with Gasteiger partial charge in [0.05, 0.1) is 12.2 Å². The first-order valence-corrected chi connectivity index (χ1v) is 7.60. The zero-order valence-corrected chi connectivity index (χ0v) is 13.4. The Kier molecular flexibility index (Phi) is 6.47. The first-order chi connectivity index (χ1) is 11.4. The van der Waals surface area contributed by atoms with E-state index in [1.807, 2.05) is 6.92 Å². The number of aryl methyl sites for hydroxylation is 1. The van der Waals surface area contributed by atoms with E-state index in [1.165, 1.54) is 6.08 Å². The molecule has 1 saturated heterocycles. The Hall–Kier alpha value is -1.77. The van der Waals surface area contributed by atoms with Gasteiger partial charge >= 0.3 is 5.97 Å². The minimum atomic E-state index is -1.55. The average molecular weight is 338 g/mol. The third-order valence-corrected chi connectivity index (χ3v) is 3.73. The molecule has 0 spiro atoms. The molecule has 132 valence electrons. The predicted molar refractivity (Wildman–Crippen MR) is 84.3 cm³/mol. The van der Waals surface area contributed by atoms with Gasteiger partial charge in [-0.3, -0.25) is 0 Å². The van der Waals surface area contributed by atoms with Crippen LogP contribution in [0.25, 0.3) is 0 Å². The molecule has 0 bridgehead atoms. The standard InChI is InChI=1S/C17H22O7/c1-3-8-22-15-13(18)12(24-17(21)14(15)19)9-23-16(20)11-6-4-10(2)5-7-11/h3-7,12-15,17-19,21H,1,8-9H2,2H3/t12-,13-,14-,15+,17-/m1/s1. The molecular weight excluding hydrogens is 316 g/mol. The van der Waals surface area contributed by atoms with E-state index in [0.29, 0.717) is 5.56 Å². The molecule has 1 aliphatic rings. The van der Waals surface area contributed by atoms with Gasteiger partial charge in [-0.05, 0) is 19.1 Å². The van der Waals surface area contributed by atoms with Crippen LogP contribution >= 0.6 is 0 Å². The average Bonchev–Trinajstić information content (AvgIpc) is 2.57. The van der Waals surface area contributed by atoms with Gasteiger partial charge in [-0.15, -0.1) is 6.58 Å². The molecule has 7 nitrogen and oxygen atoms in total. The van der Waals surface area contributed by atoms with Crippen LogP contribution in [0.3, 0.4) is 0 Å². The van der Waals surface area contributed by atoms with Crippen LogP contribution in [-0.4, -0.2) is 65.2 Å². The lowest BCUT2D eigenvalue weighted by Crippen LogP contribution is -2.59. The maximum atomic E-state index is 12.0. The van der Waals surface area contributed by atoms with Crippen molar-refractivity contribution in [3.05, 3.63) is 48.0 Å². The Morgan fingerprint density at radius 1 is 1.25 bits per heavy atom. The minimum Gasteiger partial charge on any atom is -0.459 e. The van der Waals surface area contributed by atoms with Crippen LogP contribution in [0.1, 0.15) is 15.9 Å². The van der Waals surface area contributed by atoms with Gasteiger partial charge in [0, 0.05) is 0 Å². The highest BCUT2D eigenvalue weighted by atomic mass is 16.7. The molecule has 0 saturated carbocycles. The number of benzene rings is 1. The van der Waals surface area contributed by atoms with Gasteiger partial charge in [-0.2, -0.15) is 0 Å². The van der Waals surface area contributed by atoms with Crippen LogP contribution in [0.4, 0.5) is 0 Å². The molecule has 0 amide bonds. The second-order valence-corrected chi connectivity index (χ2v) is 5.60. The summed E-state index contributed by atoms with van der Waals surface area (Å²) < 4.78 is 15.5. The fourth-order valence-corrected chi connectivity index (χ4v) is 2.36. The van der Waals surface area contributed by atoms with Crippen molar-refractivity contribution < 1.29 is 34.3 Å². The summed E-state index contributed by atoms with van der Waals surface area (Å²) in [5, 5.41) is 29.8. The highest BCUT2D eigenvalue weighted by Gasteiger charge is 2.45. The molecule has 2 rings (SSSR count). The van der Waals surface area contributed by atoms with Crippen molar-refractivity contribution in [3.8, 4) is 0 Å². The smallest absolute Gasteiger partial charge is 0.338 e. The van der Waals surface area contributed by atoms with Gasteiger partial charge < -0.3 is 29.5 Å². The molecule has 0 radical (unpaired) electrons. The van der Waals surface area contributed by atoms with Crippen molar-refractivity contribution in [1.29, 1.82) is 0 Å². The Balaban J connectivity index is 1.96. The highest BCUT2D eigenvalue weighted by molar-refractivity contribution is 5.89. The SMILES string of the molecule is C=CCO[C@@H]1[C@@H](O)[C@H](O)O[C@H](COC(=O)c2ccc(C)cc2)[C@H]1O. The summed E-state index contributed by atoms with van der Waals surface area (Å²) in [6.07, 6.45) is -4.87. The molecule has 1 aliphatic heterocycles. The van der Waals surface area contributed by atoms with Gasteiger partial charge in [0.25, 0.3) is 0 Å². The fraction of sp³-hybridized carbons (Fsp3) is 0.471. The second kappa shape index (κ2) is 8.36. The van der Waals surface area contributed by atoms with Crippen molar-refractivity contribution in [3.63, 3.8) is 0 Å². The fourth-order valence-electron chi connectivity index (χ4n) is 2.36. The van der Waals surface area contributed by atoms with Gasteiger partial charge in [-0.25, -0.2) is 4.79 Å². The van der Waals surface area contributed by atoms with Gasteiger partial charge in [-0.1, -0.05) is 23.8 Å². The molecule has 1 aromatic rings. The monoisotopic (exact) mass is 338 g/mol. The number of hydrogen-bond acceptors (Lipinski definition) is 7. The number of ether oxygens (including phenoxy) is 3. The molecule has 1 fully saturated rings. The van der Waals surface area contributed by atoms with E-state index in [4.69, 9.17) is 14.2 Å².